The molecule has 2 aromatic carbocycles. The van der Waals surface area contributed by atoms with Crippen LogP contribution in [0, 0.1) is 19.8 Å². The second kappa shape index (κ2) is 7.06. The molecule has 1 atom stereocenters. The van der Waals surface area contributed by atoms with Gasteiger partial charge < -0.3 is 10.2 Å². The number of hydrogen-bond donors (Lipinski definition) is 1. The number of carbonyl (C=O) groups excluding carboxylic acids is 2. The van der Waals surface area contributed by atoms with Crippen LogP contribution >= 0.6 is 23.2 Å². The van der Waals surface area contributed by atoms with Crippen molar-refractivity contribution in [2.75, 3.05) is 16.8 Å². The predicted octanol–water partition coefficient (Wildman–Crippen LogP) is 4.60. The van der Waals surface area contributed by atoms with Crippen LogP contribution in [-0.2, 0) is 9.59 Å². The topological polar surface area (TPSA) is 49.4 Å². The highest BCUT2D eigenvalue weighted by Crippen LogP contribution is 2.35. The summed E-state index contributed by atoms with van der Waals surface area (Å²) in [5, 5.41) is 3.60. The van der Waals surface area contributed by atoms with E-state index in [1.807, 2.05) is 32.0 Å². The summed E-state index contributed by atoms with van der Waals surface area (Å²) in [4.78, 5) is 26.4. The van der Waals surface area contributed by atoms with Crippen LogP contribution in [-0.4, -0.2) is 18.4 Å². The van der Waals surface area contributed by atoms with Gasteiger partial charge in [-0.2, -0.15) is 0 Å². The summed E-state index contributed by atoms with van der Waals surface area (Å²) in [6.45, 7) is 4.30. The molecular weight excluding hydrogens is 359 g/mol. The van der Waals surface area contributed by atoms with Crippen molar-refractivity contribution in [2.45, 2.75) is 20.3 Å². The number of aryl methyl sites for hydroxylation is 2. The van der Waals surface area contributed by atoms with Gasteiger partial charge in [-0.05, 0) is 49.2 Å². The lowest BCUT2D eigenvalue weighted by molar-refractivity contribution is -0.122. The summed E-state index contributed by atoms with van der Waals surface area (Å²) in [7, 11) is 0. The van der Waals surface area contributed by atoms with E-state index in [-0.39, 0.29) is 24.8 Å². The first kappa shape index (κ1) is 17.8. The van der Waals surface area contributed by atoms with Crippen molar-refractivity contribution in [1.82, 2.24) is 0 Å². The Hall–Kier alpha value is -2.04. The van der Waals surface area contributed by atoms with Crippen LogP contribution in [0.1, 0.15) is 17.5 Å². The summed E-state index contributed by atoms with van der Waals surface area (Å²) in [5.41, 5.74) is 3.55. The predicted molar refractivity (Wildman–Crippen MR) is 101 cm³/mol. The number of nitrogens with zero attached hydrogens (tertiary/aromatic N) is 1. The highest BCUT2D eigenvalue weighted by atomic mass is 35.5. The molecule has 0 bridgehead atoms. The van der Waals surface area contributed by atoms with Crippen molar-refractivity contribution in [1.29, 1.82) is 0 Å². The van der Waals surface area contributed by atoms with Crippen molar-refractivity contribution in [2.24, 2.45) is 5.92 Å². The Balaban J connectivity index is 1.74. The Morgan fingerprint density at radius 3 is 2.64 bits per heavy atom. The molecule has 1 aliphatic heterocycles. The maximum Gasteiger partial charge on any atom is 0.229 e. The lowest BCUT2D eigenvalue weighted by Gasteiger charge is -2.18. The molecule has 130 valence electrons. The quantitative estimate of drug-likeness (QED) is 0.850. The molecule has 6 heteroatoms. The molecule has 4 nitrogen and oxygen atoms in total. The minimum atomic E-state index is -0.427. The van der Waals surface area contributed by atoms with E-state index < -0.39 is 5.92 Å². The van der Waals surface area contributed by atoms with Crippen molar-refractivity contribution in [3.05, 3.63) is 57.6 Å². The third-order valence-corrected chi connectivity index (χ3v) is 5.30. The third kappa shape index (κ3) is 3.65. The molecule has 1 N–H and O–H groups in total. The van der Waals surface area contributed by atoms with Crippen molar-refractivity contribution in [3.63, 3.8) is 0 Å². The molecule has 3 rings (SSSR count). The van der Waals surface area contributed by atoms with Gasteiger partial charge in [0.05, 0.1) is 21.7 Å². The van der Waals surface area contributed by atoms with E-state index in [1.165, 1.54) is 4.90 Å². The van der Waals surface area contributed by atoms with Gasteiger partial charge in [0, 0.05) is 18.7 Å². The van der Waals surface area contributed by atoms with E-state index in [2.05, 4.69) is 5.32 Å². The van der Waals surface area contributed by atoms with Crippen LogP contribution < -0.4 is 10.2 Å². The molecule has 0 aliphatic carbocycles. The Bertz CT molecular complexity index is 851. The number of benzene rings is 2. The monoisotopic (exact) mass is 376 g/mol. The summed E-state index contributed by atoms with van der Waals surface area (Å²) in [5.74, 6) is -0.731. The molecule has 2 aromatic rings. The summed E-state index contributed by atoms with van der Waals surface area (Å²) in [6.07, 6.45) is 0.152. The van der Waals surface area contributed by atoms with Crippen LogP contribution in [0.2, 0.25) is 10.0 Å². The van der Waals surface area contributed by atoms with Crippen LogP contribution in [0.15, 0.2) is 36.4 Å². The number of amides is 2. The second-order valence-electron chi connectivity index (χ2n) is 6.27. The first-order chi connectivity index (χ1) is 11.9. The van der Waals surface area contributed by atoms with Gasteiger partial charge in [0.25, 0.3) is 0 Å². The Labute approximate surface area is 156 Å². The minimum absolute atomic E-state index is 0.135. The molecule has 1 heterocycles. The standard InChI is InChI=1S/C19H18Cl2N2O2/c1-11-6-7-14(8-12(11)2)22-19(25)13-9-17(24)23(10-13)16-5-3-4-15(20)18(16)21/h3-8,13H,9-10H2,1-2H3,(H,22,25)/t13-/m1/s1. The molecule has 0 aromatic heterocycles. The summed E-state index contributed by atoms with van der Waals surface area (Å²) >= 11 is 12.2. The summed E-state index contributed by atoms with van der Waals surface area (Å²) in [6, 6.07) is 10.9. The average Bonchev–Trinajstić information content (AvgIpc) is 2.95. The highest BCUT2D eigenvalue weighted by Gasteiger charge is 2.36. The number of anilines is 2. The molecule has 0 unspecified atom stereocenters. The first-order valence-corrected chi connectivity index (χ1v) is 8.75. The normalized spacial score (nSPS) is 17.0. The SMILES string of the molecule is Cc1ccc(NC(=O)[C@@H]2CC(=O)N(c3cccc(Cl)c3Cl)C2)cc1C. The first-order valence-electron chi connectivity index (χ1n) is 7.99. The zero-order valence-corrected chi connectivity index (χ0v) is 15.5. The maximum atomic E-state index is 12.5. The van der Waals surface area contributed by atoms with Gasteiger partial charge in [-0.15, -0.1) is 0 Å². The molecule has 2 amide bonds. The number of carbonyl (C=O) groups is 2. The second-order valence-corrected chi connectivity index (χ2v) is 7.05. The van der Waals surface area contributed by atoms with E-state index in [0.717, 1.165) is 16.8 Å². The van der Waals surface area contributed by atoms with E-state index in [1.54, 1.807) is 18.2 Å². The molecule has 0 saturated carbocycles. The molecular formula is C19H18Cl2N2O2. The number of rotatable bonds is 3. The van der Waals surface area contributed by atoms with E-state index in [9.17, 15) is 9.59 Å². The Morgan fingerprint density at radius 1 is 1.16 bits per heavy atom. The van der Waals surface area contributed by atoms with Crippen LogP contribution in [0.25, 0.3) is 0 Å². The Morgan fingerprint density at radius 2 is 1.92 bits per heavy atom. The van der Waals surface area contributed by atoms with Gasteiger partial charge in [0.15, 0.2) is 0 Å². The fourth-order valence-corrected chi connectivity index (χ4v) is 3.28. The lowest BCUT2D eigenvalue weighted by Crippen LogP contribution is -2.28. The summed E-state index contributed by atoms with van der Waals surface area (Å²) < 4.78 is 0. The van der Waals surface area contributed by atoms with Gasteiger partial charge in [0.2, 0.25) is 11.8 Å². The zero-order chi connectivity index (χ0) is 18.1. The Kier molecular flexibility index (Phi) is 5.02. The number of nitrogens with one attached hydrogen (secondary N) is 1. The van der Waals surface area contributed by atoms with Gasteiger partial charge >= 0.3 is 0 Å². The van der Waals surface area contributed by atoms with E-state index in [0.29, 0.717) is 15.7 Å². The fraction of sp³-hybridized carbons (Fsp3) is 0.263. The average molecular weight is 377 g/mol. The molecule has 1 saturated heterocycles. The fourth-order valence-electron chi connectivity index (χ4n) is 2.88. The van der Waals surface area contributed by atoms with Crippen molar-refractivity contribution < 1.29 is 9.59 Å². The minimum Gasteiger partial charge on any atom is -0.326 e. The molecule has 1 aliphatic rings. The van der Waals surface area contributed by atoms with Gasteiger partial charge in [-0.3, -0.25) is 9.59 Å². The van der Waals surface area contributed by atoms with E-state index >= 15 is 0 Å². The van der Waals surface area contributed by atoms with Gasteiger partial charge in [0.1, 0.15) is 0 Å². The van der Waals surface area contributed by atoms with Crippen molar-refractivity contribution in [3.8, 4) is 0 Å². The molecule has 1 fully saturated rings. The molecule has 0 radical (unpaired) electrons. The maximum absolute atomic E-state index is 12.5. The van der Waals surface area contributed by atoms with Crippen LogP contribution in [0.4, 0.5) is 11.4 Å². The van der Waals surface area contributed by atoms with E-state index in [4.69, 9.17) is 23.2 Å². The van der Waals surface area contributed by atoms with Crippen LogP contribution in [0.3, 0.4) is 0 Å². The third-order valence-electron chi connectivity index (χ3n) is 4.49. The largest absolute Gasteiger partial charge is 0.326 e. The molecule has 25 heavy (non-hydrogen) atoms. The lowest BCUT2D eigenvalue weighted by atomic mass is 10.1. The van der Waals surface area contributed by atoms with Gasteiger partial charge in [-0.25, -0.2) is 0 Å². The highest BCUT2D eigenvalue weighted by molar-refractivity contribution is 6.44. The van der Waals surface area contributed by atoms with Crippen LogP contribution in [0.5, 0.6) is 0 Å². The smallest absolute Gasteiger partial charge is 0.229 e. The van der Waals surface area contributed by atoms with Crippen molar-refractivity contribution >= 4 is 46.4 Å². The molecule has 0 spiro atoms. The number of halogens is 2. The zero-order valence-electron chi connectivity index (χ0n) is 14.0. The number of hydrogen-bond acceptors (Lipinski definition) is 2. The van der Waals surface area contributed by atoms with Gasteiger partial charge in [-0.1, -0.05) is 35.3 Å².